The molecule has 2 aromatic carbocycles. The fourth-order valence-electron chi connectivity index (χ4n) is 2.59. The van der Waals surface area contributed by atoms with E-state index in [2.05, 4.69) is 19.9 Å². The van der Waals surface area contributed by atoms with Gasteiger partial charge in [-0.1, -0.05) is 34.6 Å². The highest BCUT2D eigenvalue weighted by Crippen LogP contribution is 2.36. The minimum absolute atomic E-state index is 0.0304. The van der Waals surface area contributed by atoms with Crippen LogP contribution in [0, 0.1) is 0 Å². The van der Waals surface area contributed by atoms with E-state index < -0.39 is 40.8 Å². The van der Waals surface area contributed by atoms with E-state index in [0.29, 0.717) is 17.7 Å². The van der Waals surface area contributed by atoms with Gasteiger partial charge in [-0.05, 0) is 18.2 Å². The van der Waals surface area contributed by atoms with Gasteiger partial charge in [0.2, 0.25) is 0 Å². The Morgan fingerprint density at radius 1 is 0.939 bits per heavy atom. The van der Waals surface area contributed by atoms with Crippen LogP contribution < -0.4 is 5.73 Å². The second-order valence-electron chi connectivity index (χ2n) is 6.32. The normalized spacial score (nSPS) is 13.0. The highest BCUT2D eigenvalue weighted by atomic mass is 19.4. The van der Waals surface area contributed by atoms with Crippen LogP contribution in [0.25, 0.3) is 0 Å². The smallest absolute Gasteiger partial charge is 0.416 e. The predicted molar refractivity (Wildman–Crippen MR) is 104 cm³/mol. The van der Waals surface area contributed by atoms with Crippen molar-refractivity contribution in [1.82, 2.24) is 0 Å². The van der Waals surface area contributed by atoms with Crippen LogP contribution in [0.1, 0.15) is 27.8 Å². The van der Waals surface area contributed by atoms with E-state index >= 15 is 0 Å². The molecule has 2 aromatic rings. The topological polar surface area (TPSA) is 95.5 Å². The van der Waals surface area contributed by atoms with E-state index in [-0.39, 0.29) is 23.9 Å². The van der Waals surface area contributed by atoms with Gasteiger partial charge in [-0.3, -0.25) is 0 Å². The molecule has 0 aliphatic carbocycles. The lowest BCUT2D eigenvalue weighted by molar-refractivity contribution is -0.143. The standard InChI is InChI=1S/C20H17F6N3O4/c1-31-18(30)16(28-32-2)15-6-4-3-5-11(15)10-33-29-17(27)12-7-13(19(21,22)23)9-14(8-12)20(24,25)26/h3-9H,10H2,1-2H3,(H2,27,29)/b28-16+. The van der Waals surface area contributed by atoms with Crippen LogP contribution in [0.5, 0.6) is 0 Å². The van der Waals surface area contributed by atoms with E-state index in [1.165, 1.54) is 19.2 Å². The lowest BCUT2D eigenvalue weighted by Crippen LogP contribution is -2.20. The number of amidine groups is 1. The van der Waals surface area contributed by atoms with Crippen molar-refractivity contribution in [2.45, 2.75) is 19.0 Å². The third kappa shape index (κ3) is 6.60. The van der Waals surface area contributed by atoms with Crippen molar-refractivity contribution in [3.63, 3.8) is 0 Å². The van der Waals surface area contributed by atoms with Gasteiger partial charge in [0.05, 0.1) is 18.2 Å². The summed E-state index contributed by atoms with van der Waals surface area (Å²) in [4.78, 5) is 21.6. The molecule has 2 N–H and O–H groups in total. The van der Waals surface area contributed by atoms with E-state index in [1.54, 1.807) is 12.1 Å². The Balaban J connectivity index is 2.34. The minimum atomic E-state index is -5.04. The van der Waals surface area contributed by atoms with Gasteiger partial charge < -0.3 is 20.1 Å². The van der Waals surface area contributed by atoms with Gasteiger partial charge in [-0.15, -0.1) is 0 Å². The third-order valence-electron chi connectivity index (χ3n) is 4.10. The summed E-state index contributed by atoms with van der Waals surface area (Å²) in [5.41, 5.74) is 2.20. The number of nitrogens with zero attached hydrogens (tertiary/aromatic N) is 2. The first-order chi connectivity index (χ1) is 15.4. The number of carbonyl (C=O) groups is 1. The zero-order valence-electron chi connectivity index (χ0n) is 17.1. The molecule has 0 radical (unpaired) electrons. The Hall–Kier alpha value is -3.77. The zero-order chi connectivity index (χ0) is 24.8. The number of rotatable bonds is 7. The summed E-state index contributed by atoms with van der Waals surface area (Å²) >= 11 is 0. The van der Waals surface area contributed by atoms with Crippen molar-refractivity contribution in [1.29, 1.82) is 0 Å². The van der Waals surface area contributed by atoms with E-state index in [4.69, 9.17) is 10.6 Å². The lowest BCUT2D eigenvalue weighted by atomic mass is 10.0. The number of esters is 1. The molecular formula is C20H17F6N3O4. The summed E-state index contributed by atoms with van der Waals surface area (Å²) in [7, 11) is 2.33. The van der Waals surface area contributed by atoms with Crippen LogP contribution in [0.15, 0.2) is 52.8 Å². The number of methoxy groups -OCH3 is 1. The number of benzene rings is 2. The number of alkyl halides is 6. The van der Waals surface area contributed by atoms with Gasteiger partial charge in [-0.2, -0.15) is 26.3 Å². The summed E-state index contributed by atoms with van der Waals surface area (Å²) < 4.78 is 82.7. The molecule has 0 aliphatic rings. The molecule has 0 aromatic heterocycles. The molecule has 0 saturated carbocycles. The third-order valence-corrected chi connectivity index (χ3v) is 4.10. The Bertz CT molecular complexity index is 1030. The van der Waals surface area contributed by atoms with Gasteiger partial charge in [-0.25, -0.2) is 4.79 Å². The minimum Gasteiger partial charge on any atom is -0.464 e. The first kappa shape index (κ1) is 25.5. The maximum absolute atomic E-state index is 13.0. The average Bonchev–Trinajstić information content (AvgIpc) is 2.76. The molecular weight excluding hydrogens is 460 g/mol. The number of hydrogen-bond donors (Lipinski definition) is 1. The number of carbonyl (C=O) groups excluding carboxylic acids is 1. The fraction of sp³-hybridized carbons (Fsp3) is 0.250. The maximum atomic E-state index is 13.0. The van der Waals surface area contributed by atoms with E-state index in [9.17, 15) is 31.1 Å². The Morgan fingerprint density at radius 2 is 1.52 bits per heavy atom. The maximum Gasteiger partial charge on any atom is 0.416 e. The van der Waals surface area contributed by atoms with Gasteiger partial charge >= 0.3 is 18.3 Å². The van der Waals surface area contributed by atoms with Crippen LogP contribution >= 0.6 is 0 Å². The number of oxime groups is 2. The number of halogens is 6. The molecule has 0 aliphatic heterocycles. The van der Waals surface area contributed by atoms with Gasteiger partial charge in [0.15, 0.2) is 11.5 Å². The van der Waals surface area contributed by atoms with Crippen molar-refractivity contribution >= 4 is 17.5 Å². The molecule has 0 unspecified atom stereocenters. The molecule has 0 amide bonds. The number of nitrogens with two attached hydrogens (primary N) is 1. The van der Waals surface area contributed by atoms with Gasteiger partial charge in [0.1, 0.15) is 13.7 Å². The summed E-state index contributed by atoms with van der Waals surface area (Å²) in [5.74, 6) is -1.54. The van der Waals surface area contributed by atoms with E-state index in [1.807, 2.05) is 0 Å². The number of hydrogen-bond acceptors (Lipinski definition) is 6. The van der Waals surface area contributed by atoms with Crippen LogP contribution in [-0.4, -0.2) is 31.7 Å². The molecule has 13 heteroatoms. The van der Waals surface area contributed by atoms with E-state index in [0.717, 1.165) is 7.11 Å². The molecule has 0 spiro atoms. The highest BCUT2D eigenvalue weighted by molar-refractivity contribution is 6.43. The molecule has 33 heavy (non-hydrogen) atoms. The summed E-state index contributed by atoms with van der Waals surface area (Å²) in [5, 5.41) is 7.01. The van der Waals surface area contributed by atoms with Crippen molar-refractivity contribution in [3.8, 4) is 0 Å². The second kappa shape index (κ2) is 10.2. The highest BCUT2D eigenvalue weighted by Gasteiger charge is 2.37. The largest absolute Gasteiger partial charge is 0.464 e. The predicted octanol–water partition coefficient (Wildman–Crippen LogP) is 4.08. The molecule has 0 fully saturated rings. The van der Waals surface area contributed by atoms with Crippen molar-refractivity contribution in [3.05, 3.63) is 70.3 Å². The average molecular weight is 477 g/mol. The van der Waals surface area contributed by atoms with Crippen LogP contribution in [0.3, 0.4) is 0 Å². The Labute approximate surface area is 183 Å². The summed E-state index contributed by atoms with van der Waals surface area (Å²) in [6.07, 6.45) is -10.1. The molecule has 0 bridgehead atoms. The Kier molecular flexibility index (Phi) is 7.90. The SMILES string of the molecule is CO/N=C(/C(=O)OC)c1ccccc1CO/N=C(\N)c1cc(C(F)(F)F)cc(C(F)(F)F)c1. The molecule has 7 nitrogen and oxygen atoms in total. The van der Waals surface area contributed by atoms with Crippen LogP contribution in [0.4, 0.5) is 26.3 Å². The second-order valence-corrected chi connectivity index (χ2v) is 6.32. The van der Waals surface area contributed by atoms with Crippen molar-refractivity contribution < 1.29 is 45.5 Å². The first-order valence-corrected chi connectivity index (χ1v) is 8.91. The monoisotopic (exact) mass is 477 g/mol. The first-order valence-electron chi connectivity index (χ1n) is 8.91. The molecule has 178 valence electrons. The van der Waals surface area contributed by atoms with Crippen molar-refractivity contribution in [2.24, 2.45) is 16.0 Å². The van der Waals surface area contributed by atoms with Gasteiger partial charge in [0.25, 0.3) is 0 Å². The summed E-state index contributed by atoms with van der Waals surface area (Å²) in [6.45, 7) is -0.359. The number of ether oxygens (including phenoxy) is 1. The molecule has 0 atom stereocenters. The molecule has 0 heterocycles. The fourth-order valence-corrected chi connectivity index (χ4v) is 2.59. The van der Waals surface area contributed by atoms with Crippen LogP contribution in [-0.2, 0) is 38.2 Å². The van der Waals surface area contributed by atoms with Crippen LogP contribution in [0.2, 0.25) is 0 Å². The quantitative estimate of drug-likeness (QED) is 0.213. The molecule has 0 saturated heterocycles. The molecule has 2 rings (SSSR count). The lowest BCUT2D eigenvalue weighted by Gasteiger charge is -2.14. The van der Waals surface area contributed by atoms with Gasteiger partial charge in [0, 0.05) is 16.7 Å². The zero-order valence-corrected chi connectivity index (χ0v) is 17.1. The van der Waals surface area contributed by atoms with Crippen molar-refractivity contribution in [2.75, 3.05) is 14.2 Å². The summed E-state index contributed by atoms with van der Waals surface area (Å²) in [6, 6.07) is 6.98. The Morgan fingerprint density at radius 3 is 2.03 bits per heavy atom.